The van der Waals surface area contributed by atoms with Gasteiger partial charge in [-0.05, 0) is 24.6 Å². The van der Waals surface area contributed by atoms with Gasteiger partial charge in [0.2, 0.25) is 11.8 Å². The van der Waals surface area contributed by atoms with Crippen LogP contribution in [0.15, 0.2) is 24.3 Å². The van der Waals surface area contributed by atoms with Crippen LogP contribution in [0.5, 0.6) is 0 Å². The van der Waals surface area contributed by atoms with Gasteiger partial charge in [0.1, 0.15) is 6.42 Å². The van der Waals surface area contributed by atoms with Crippen molar-refractivity contribution < 1.29 is 9.59 Å². The molecule has 0 saturated carbocycles. The molecule has 1 aromatic rings. The van der Waals surface area contributed by atoms with Gasteiger partial charge in [0.05, 0.1) is 0 Å². The zero-order valence-electron chi connectivity index (χ0n) is 8.41. The van der Waals surface area contributed by atoms with Crippen molar-refractivity contribution >= 4 is 17.5 Å². The molecule has 0 saturated heterocycles. The first kappa shape index (κ1) is 11.2. The number of nitrogens with one attached hydrogen (secondary N) is 2. The number of rotatable bonds is 3. The monoisotopic (exact) mass is 207 g/mol. The highest BCUT2D eigenvalue weighted by Gasteiger charge is 2.07. The Morgan fingerprint density at radius 3 is 2.67 bits per heavy atom. The molecule has 0 aliphatic carbocycles. The van der Waals surface area contributed by atoms with Crippen molar-refractivity contribution in [1.29, 1.82) is 0 Å². The van der Waals surface area contributed by atoms with Crippen molar-refractivity contribution in [3.63, 3.8) is 0 Å². The van der Waals surface area contributed by atoms with E-state index in [0.29, 0.717) is 5.69 Å². The molecule has 1 rings (SSSR count). The van der Waals surface area contributed by atoms with E-state index in [1.54, 1.807) is 6.07 Å². The second kappa shape index (κ2) is 5.11. The van der Waals surface area contributed by atoms with Gasteiger partial charge in [-0.3, -0.25) is 15.0 Å². The summed E-state index contributed by atoms with van der Waals surface area (Å²) in [4.78, 5) is 22.0. The van der Waals surface area contributed by atoms with Crippen molar-refractivity contribution in [2.24, 2.45) is 5.84 Å². The maximum Gasteiger partial charge on any atom is 0.243 e. The van der Waals surface area contributed by atoms with Gasteiger partial charge >= 0.3 is 0 Å². The minimum atomic E-state index is -0.514. The van der Waals surface area contributed by atoms with E-state index < -0.39 is 5.91 Å². The standard InChI is InChI=1S/C10H13N3O2/c1-7-3-2-4-8(5-7)12-9(14)6-10(15)13-11/h2-5H,6,11H2,1H3,(H,12,14)(H,13,15). The van der Waals surface area contributed by atoms with Crippen LogP contribution in [-0.4, -0.2) is 11.8 Å². The van der Waals surface area contributed by atoms with E-state index in [-0.39, 0.29) is 12.3 Å². The third kappa shape index (κ3) is 3.78. The molecule has 1 aromatic carbocycles. The summed E-state index contributed by atoms with van der Waals surface area (Å²) in [5.41, 5.74) is 3.60. The molecule has 80 valence electrons. The molecular weight excluding hydrogens is 194 g/mol. The van der Waals surface area contributed by atoms with Gasteiger partial charge in [-0.2, -0.15) is 0 Å². The van der Waals surface area contributed by atoms with Crippen LogP contribution in [0, 0.1) is 6.92 Å². The van der Waals surface area contributed by atoms with Crippen molar-refractivity contribution in [3.05, 3.63) is 29.8 Å². The Morgan fingerprint density at radius 2 is 2.07 bits per heavy atom. The van der Waals surface area contributed by atoms with Crippen LogP contribution >= 0.6 is 0 Å². The number of anilines is 1. The van der Waals surface area contributed by atoms with Crippen molar-refractivity contribution in [1.82, 2.24) is 5.43 Å². The summed E-state index contributed by atoms with van der Waals surface area (Å²) in [6, 6.07) is 7.32. The van der Waals surface area contributed by atoms with Gasteiger partial charge in [0.15, 0.2) is 0 Å². The summed E-state index contributed by atoms with van der Waals surface area (Å²) >= 11 is 0. The minimum Gasteiger partial charge on any atom is -0.326 e. The van der Waals surface area contributed by atoms with Crippen LogP contribution in [-0.2, 0) is 9.59 Å². The maximum atomic E-state index is 11.3. The Kier molecular flexibility index (Phi) is 3.82. The molecule has 5 nitrogen and oxygen atoms in total. The lowest BCUT2D eigenvalue weighted by atomic mass is 10.2. The van der Waals surface area contributed by atoms with E-state index >= 15 is 0 Å². The molecule has 0 radical (unpaired) electrons. The predicted octanol–water partition coefficient (Wildman–Crippen LogP) is 0.314. The average molecular weight is 207 g/mol. The summed E-state index contributed by atoms with van der Waals surface area (Å²) < 4.78 is 0. The van der Waals surface area contributed by atoms with Gasteiger partial charge < -0.3 is 5.32 Å². The van der Waals surface area contributed by atoms with Gasteiger partial charge in [-0.1, -0.05) is 12.1 Å². The van der Waals surface area contributed by atoms with Crippen LogP contribution in [0.3, 0.4) is 0 Å². The van der Waals surface area contributed by atoms with Crippen LogP contribution in [0.2, 0.25) is 0 Å². The molecule has 0 atom stereocenters. The largest absolute Gasteiger partial charge is 0.326 e. The van der Waals surface area contributed by atoms with Gasteiger partial charge in [0, 0.05) is 5.69 Å². The van der Waals surface area contributed by atoms with E-state index in [1.165, 1.54) is 0 Å². The van der Waals surface area contributed by atoms with E-state index in [9.17, 15) is 9.59 Å². The van der Waals surface area contributed by atoms with Crippen molar-refractivity contribution in [2.45, 2.75) is 13.3 Å². The normalized spacial score (nSPS) is 9.47. The molecule has 2 amide bonds. The van der Waals surface area contributed by atoms with E-state index in [1.807, 2.05) is 30.5 Å². The lowest BCUT2D eigenvalue weighted by Crippen LogP contribution is -2.33. The molecule has 0 unspecified atom stereocenters. The average Bonchev–Trinajstić information content (AvgIpc) is 2.17. The topological polar surface area (TPSA) is 84.2 Å². The SMILES string of the molecule is Cc1cccc(NC(=O)CC(=O)NN)c1. The molecule has 0 spiro atoms. The Morgan fingerprint density at radius 1 is 1.33 bits per heavy atom. The van der Waals surface area contributed by atoms with Crippen molar-refractivity contribution in [3.8, 4) is 0 Å². The Hall–Kier alpha value is -1.88. The highest BCUT2D eigenvalue weighted by atomic mass is 16.2. The van der Waals surface area contributed by atoms with Crippen molar-refractivity contribution in [2.75, 3.05) is 5.32 Å². The number of carbonyl (C=O) groups is 2. The molecule has 0 bridgehead atoms. The smallest absolute Gasteiger partial charge is 0.243 e. The Bertz CT molecular complexity index is 377. The molecule has 15 heavy (non-hydrogen) atoms. The molecule has 0 heterocycles. The third-order valence-corrected chi connectivity index (χ3v) is 1.78. The zero-order valence-corrected chi connectivity index (χ0v) is 8.41. The van der Waals surface area contributed by atoms with E-state index in [4.69, 9.17) is 5.84 Å². The van der Waals surface area contributed by atoms with Gasteiger partial charge in [-0.25, -0.2) is 5.84 Å². The zero-order chi connectivity index (χ0) is 11.3. The summed E-state index contributed by atoms with van der Waals surface area (Å²) in [6.45, 7) is 1.92. The number of hydrogen-bond donors (Lipinski definition) is 3. The van der Waals surface area contributed by atoms with Crippen LogP contribution in [0.1, 0.15) is 12.0 Å². The van der Waals surface area contributed by atoms with Crippen LogP contribution < -0.4 is 16.6 Å². The van der Waals surface area contributed by atoms with E-state index in [0.717, 1.165) is 5.56 Å². The first-order valence-corrected chi connectivity index (χ1v) is 4.48. The first-order valence-electron chi connectivity index (χ1n) is 4.48. The second-order valence-electron chi connectivity index (χ2n) is 3.16. The lowest BCUT2D eigenvalue weighted by Gasteiger charge is -2.04. The number of hydrazine groups is 1. The second-order valence-corrected chi connectivity index (χ2v) is 3.16. The van der Waals surface area contributed by atoms with E-state index in [2.05, 4.69) is 5.32 Å². The predicted molar refractivity (Wildman–Crippen MR) is 56.8 cm³/mol. The summed E-state index contributed by atoms with van der Waals surface area (Å²) in [7, 11) is 0. The minimum absolute atomic E-state index is 0.273. The fourth-order valence-electron chi connectivity index (χ4n) is 1.12. The Labute approximate surface area is 87.6 Å². The van der Waals surface area contributed by atoms with Crippen LogP contribution in [0.25, 0.3) is 0 Å². The number of hydrogen-bond acceptors (Lipinski definition) is 3. The number of aryl methyl sites for hydroxylation is 1. The quantitative estimate of drug-likeness (QED) is 0.289. The molecule has 0 fully saturated rings. The molecule has 5 heteroatoms. The van der Waals surface area contributed by atoms with Gasteiger partial charge in [-0.15, -0.1) is 0 Å². The molecule has 0 aliphatic heterocycles. The summed E-state index contributed by atoms with van der Waals surface area (Å²) in [5.74, 6) is 3.96. The summed E-state index contributed by atoms with van der Waals surface area (Å²) in [5, 5.41) is 2.59. The number of benzene rings is 1. The highest BCUT2D eigenvalue weighted by Crippen LogP contribution is 2.09. The first-order chi connectivity index (χ1) is 7.11. The summed E-state index contributed by atoms with van der Waals surface area (Å²) in [6.07, 6.45) is -0.273. The molecular formula is C10H13N3O2. The number of carbonyl (C=O) groups excluding carboxylic acids is 2. The van der Waals surface area contributed by atoms with Gasteiger partial charge in [0.25, 0.3) is 0 Å². The third-order valence-electron chi connectivity index (χ3n) is 1.78. The fraction of sp³-hybridized carbons (Fsp3) is 0.200. The van der Waals surface area contributed by atoms with Crippen LogP contribution in [0.4, 0.5) is 5.69 Å². The molecule has 0 aromatic heterocycles. The molecule has 4 N–H and O–H groups in total. The molecule has 0 aliphatic rings. The Balaban J connectivity index is 2.55. The number of nitrogens with two attached hydrogens (primary N) is 1. The lowest BCUT2D eigenvalue weighted by molar-refractivity contribution is -0.126. The highest BCUT2D eigenvalue weighted by molar-refractivity contribution is 6.03. The number of amides is 2. The fourth-order valence-corrected chi connectivity index (χ4v) is 1.12. The maximum absolute atomic E-state index is 11.3.